The maximum Gasteiger partial charge on any atom is 0.472 e. The summed E-state index contributed by atoms with van der Waals surface area (Å²) < 4.78 is 68.0. The molecule has 0 saturated heterocycles. The molecule has 0 heterocycles. The second-order valence-electron chi connectivity index (χ2n) is 23.5. The molecule has 0 radical (unpaired) electrons. The minimum Gasteiger partial charge on any atom is -0.462 e. The average Bonchev–Trinajstić information content (AvgIpc) is 1.36. The lowest BCUT2D eigenvalue weighted by Crippen LogP contribution is -2.30. The Morgan fingerprint density at radius 3 is 1.01 bits per heavy atom. The van der Waals surface area contributed by atoms with E-state index < -0.39 is 97.5 Å². The number of allylic oxidation sites excluding steroid dienone is 22. The highest BCUT2D eigenvalue weighted by Crippen LogP contribution is 2.45. The fourth-order valence-electron chi connectivity index (χ4n) is 8.93. The first-order valence-electron chi connectivity index (χ1n) is 36.1. The molecule has 0 aromatic rings. The van der Waals surface area contributed by atoms with Gasteiger partial charge >= 0.3 is 39.5 Å². The maximum atomic E-state index is 13.0. The number of hydrogen-bond donors (Lipinski definition) is 3. The highest BCUT2D eigenvalue weighted by Gasteiger charge is 2.30. The van der Waals surface area contributed by atoms with Gasteiger partial charge in [-0.3, -0.25) is 37.3 Å². The smallest absolute Gasteiger partial charge is 0.462 e. The number of phosphoric acid groups is 2. The van der Waals surface area contributed by atoms with E-state index in [1.54, 1.807) is 18.2 Å². The van der Waals surface area contributed by atoms with Crippen molar-refractivity contribution in [3.05, 3.63) is 146 Å². The molecule has 96 heavy (non-hydrogen) atoms. The Bertz CT molecular complexity index is 2400. The molecule has 0 spiro atoms. The van der Waals surface area contributed by atoms with Gasteiger partial charge in [0.2, 0.25) is 0 Å². The number of carbonyl (C=O) groups is 4. The summed E-state index contributed by atoms with van der Waals surface area (Å²) in [7, 11) is -10.0. The first-order chi connectivity index (χ1) is 46.7. The minimum atomic E-state index is -5.02. The second kappa shape index (κ2) is 68.5. The number of phosphoric ester groups is 2. The van der Waals surface area contributed by atoms with Crippen molar-refractivity contribution in [1.29, 1.82) is 0 Å². The van der Waals surface area contributed by atoms with Crippen LogP contribution in [0.25, 0.3) is 0 Å². The molecule has 0 aromatic carbocycles. The van der Waals surface area contributed by atoms with Crippen molar-refractivity contribution in [1.82, 2.24) is 0 Å². The zero-order valence-electron chi connectivity index (χ0n) is 59.2. The zero-order chi connectivity index (χ0) is 70.4. The fourth-order valence-corrected chi connectivity index (χ4v) is 10.5. The summed E-state index contributed by atoms with van der Waals surface area (Å²) in [6.45, 7) is 4.30. The molecule has 0 fully saturated rings. The molecule has 0 aliphatic heterocycles. The number of esters is 4. The monoisotopic (exact) mass is 1380 g/mol. The summed E-state index contributed by atoms with van der Waals surface area (Å²) in [6, 6.07) is 0. The highest BCUT2D eigenvalue weighted by atomic mass is 31.2. The molecule has 0 amide bonds. The topological polar surface area (TPSA) is 237 Å². The van der Waals surface area contributed by atoms with Gasteiger partial charge in [0.15, 0.2) is 12.2 Å². The Balaban J connectivity index is 5.50. The first kappa shape index (κ1) is 90.9. The Kier molecular flexibility index (Phi) is 64.9. The Hall–Kier alpha value is -5.06. The first-order valence-corrected chi connectivity index (χ1v) is 39.1. The highest BCUT2D eigenvalue weighted by molar-refractivity contribution is 7.47. The number of carbonyl (C=O) groups excluding carboxylic acids is 4. The standard InChI is InChI=1S/C77H126O17P2/c1-5-9-13-17-21-25-29-33-35-39-42-46-50-54-58-62-75(80)88-68-73(94-77(82)64-60-56-52-48-44-40-36-34-30-26-22-18-14-10-6-2)70-92-96(85,86)90-66-71(78)65-89-95(83,84)91-69-72(93-76(81)63-59-55-51-47-43-38-32-28-24-20-16-12-8-4)67-87-74(79)61-57-53-49-45-41-37-31-27-23-19-15-11-7-3/h9-10,13-15,19,21-22,25-27,31,33-36,42,44,46,48,54,56,58,60,71-73,78H,5-8,11-12,16-18,20,23-24,28-30,32,37-41,43,45,47,49-53,55,57,59,61-70H2,1-4H3,(H,83,84)(H,85,86)/b13-9-,14-10-,19-15-,25-21-,26-22-,31-27-,35-33-,36-34-,46-42-,48-44-,58-54-,60-56-. The summed E-state index contributed by atoms with van der Waals surface area (Å²) in [5.41, 5.74) is 0. The van der Waals surface area contributed by atoms with Crippen LogP contribution in [0.3, 0.4) is 0 Å². The number of aliphatic hydroxyl groups is 1. The van der Waals surface area contributed by atoms with Crippen LogP contribution in [0.4, 0.5) is 0 Å². The Morgan fingerprint density at radius 1 is 0.312 bits per heavy atom. The van der Waals surface area contributed by atoms with Crippen LogP contribution in [0.2, 0.25) is 0 Å². The third kappa shape index (κ3) is 67.5. The van der Waals surface area contributed by atoms with E-state index >= 15 is 0 Å². The molecule has 5 atom stereocenters. The van der Waals surface area contributed by atoms with E-state index in [1.807, 2.05) is 30.4 Å². The van der Waals surface area contributed by atoms with E-state index in [2.05, 4.69) is 125 Å². The summed E-state index contributed by atoms with van der Waals surface area (Å²) in [5.74, 6) is -2.50. The van der Waals surface area contributed by atoms with Crippen LogP contribution in [0, 0.1) is 0 Å². The largest absolute Gasteiger partial charge is 0.472 e. The number of ether oxygens (including phenoxy) is 4. The SMILES string of the molecule is CC/C=C\C/C=C\C/C=C\C/C=C\C/C=C\CC(=O)OCC(COP(=O)(O)OCC(O)COP(=O)(O)OCC(COC(=O)CCCCCCC/C=C\C/C=C\CCC)OC(=O)CCCCCCCCCCCCCCC)OC(=O)C/C=C\C/C=C\C/C=C\C/C=C\C/C=C\CC. The van der Waals surface area contributed by atoms with Gasteiger partial charge in [0.1, 0.15) is 19.3 Å². The minimum absolute atomic E-state index is 0.0867. The van der Waals surface area contributed by atoms with Gasteiger partial charge in [0.05, 0.1) is 39.3 Å². The molecular weight excluding hydrogens is 1260 g/mol. The number of unbranched alkanes of at least 4 members (excludes halogenated alkanes) is 18. The Morgan fingerprint density at radius 2 is 0.615 bits per heavy atom. The van der Waals surface area contributed by atoms with Crippen LogP contribution in [-0.4, -0.2) is 96.7 Å². The van der Waals surface area contributed by atoms with Crippen LogP contribution in [0.5, 0.6) is 0 Å². The molecule has 3 N–H and O–H groups in total. The van der Waals surface area contributed by atoms with Gasteiger partial charge in [-0.25, -0.2) is 9.13 Å². The summed E-state index contributed by atoms with van der Waals surface area (Å²) >= 11 is 0. The van der Waals surface area contributed by atoms with Crippen molar-refractivity contribution in [3.63, 3.8) is 0 Å². The fraction of sp³-hybridized carbons (Fsp3) is 0.636. The quantitative estimate of drug-likeness (QED) is 0.0169. The van der Waals surface area contributed by atoms with Crippen LogP contribution in [0.1, 0.15) is 259 Å². The molecule has 19 heteroatoms. The van der Waals surface area contributed by atoms with E-state index in [1.165, 1.54) is 51.4 Å². The third-order valence-corrected chi connectivity index (χ3v) is 16.2. The predicted molar refractivity (Wildman–Crippen MR) is 390 cm³/mol. The molecule has 0 aliphatic rings. The van der Waals surface area contributed by atoms with E-state index in [4.69, 9.17) is 37.0 Å². The van der Waals surface area contributed by atoms with Crippen molar-refractivity contribution in [2.75, 3.05) is 39.6 Å². The molecule has 546 valence electrons. The maximum absolute atomic E-state index is 13.0. The number of hydrogen-bond acceptors (Lipinski definition) is 15. The predicted octanol–water partition coefficient (Wildman–Crippen LogP) is 20.3. The number of rotatable bonds is 66. The summed E-state index contributed by atoms with van der Waals surface area (Å²) in [5, 5.41) is 10.6. The van der Waals surface area contributed by atoms with E-state index in [0.29, 0.717) is 25.7 Å². The summed E-state index contributed by atoms with van der Waals surface area (Å²) in [4.78, 5) is 72.5. The van der Waals surface area contributed by atoms with Crippen molar-refractivity contribution >= 4 is 39.5 Å². The molecule has 0 aliphatic carbocycles. The second-order valence-corrected chi connectivity index (χ2v) is 26.4. The zero-order valence-corrected chi connectivity index (χ0v) is 61.0. The molecule has 0 aromatic heterocycles. The van der Waals surface area contributed by atoms with Gasteiger partial charge in [-0.1, -0.05) is 276 Å². The number of aliphatic hydroxyl groups excluding tert-OH is 1. The van der Waals surface area contributed by atoms with Crippen LogP contribution < -0.4 is 0 Å². The van der Waals surface area contributed by atoms with Gasteiger partial charge < -0.3 is 33.8 Å². The molecule has 0 bridgehead atoms. The van der Waals surface area contributed by atoms with E-state index in [0.717, 1.165) is 128 Å². The van der Waals surface area contributed by atoms with Gasteiger partial charge in [-0.15, -0.1) is 0 Å². The van der Waals surface area contributed by atoms with Gasteiger partial charge in [-0.2, -0.15) is 0 Å². The van der Waals surface area contributed by atoms with Gasteiger partial charge in [0, 0.05) is 12.8 Å². The molecule has 17 nitrogen and oxygen atoms in total. The molecule has 0 saturated carbocycles. The van der Waals surface area contributed by atoms with Crippen molar-refractivity contribution in [2.45, 2.75) is 277 Å². The normalized spacial score (nSPS) is 14.9. The van der Waals surface area contributed by atoms with Crippen molar-refractivity contribution < 1.29 is 80.2 Å². The lowest BCUT2D eigenvalue weighted by atomic mass is 10.0. The molecule has 5 unspecified atom stereocenters. The van der Waals surface area contributed by atoms with Gasteiger partial charge in [0.25, 0.3) is 0 Å². The Labute approximate surface area is 579 Å². The van der Waals surface area contributed by atoms with Crippen LogP contribution in [0.15, 0.2) is 146 Å². The van der Waals surface area contributed by atoms with E-state index in [9.17, 15) is 43.2 Å². The molecular formula is C77H126O17P2. The lowest BCUT2D eigenvalue weighted by Gasteiger charge is -2.21. The van der Waals surface area contributed by atoms with Crippen LogP contribution >= 0.6 is 15.6 Å². The summed E-state index contributed by atoms with van der Waals surface area (Å²) in [6.07, 6.45) is 76.3. The van der Waals surface area contributed by atoms with E-state index in [-0.39, 0.29) is 25.7 Å². The molecule has 0 rings (SSSR count). The average molecular weight is 1390 g/mol. The lowest BCUT2D eigenvalue weighted by molar-refractivity contribution is -0.161. The van der Waals surface area contributed by atoms with Crippen molar-refractivity contribution in [2.24, 2.45) is 0 Å². The van der Waals surface area contributed by atoms with Crippen molar-refractivity contribution in [3.8, 4) is 0 Å². The van der Waals surface area contributed by atoms with Gasteiger partial charge in [-0.05, 0) is 103 Å². The van der Waals surface area contributed by atoms with Crippen LogP contribution in [-0.2, 0) is 65.4 Å². The third-order valence-electron chi connectivity index (χ3n) is 14.3.